The van der Waals surface area contributed by atoms with Gasteiger partial charge >= 0.3 is 0 Å². The van der Waals surface area contributed by atoms with Gasteiger partial charge in [0.25, 0.3) is 0 Å². The second-order valence-electron chi connectivity index (χ2n) is 1.71. The van der Waals surface area contributed by atoms with Gasteiger partial charge in [-0.15, -0.1) is 0 Å². The van der Waals surface area contributed by atoms with Crippen molar-refractivity contribution in [1.29, 1.82) is 0 Å². The number of hydrogen-bond acceptors (Lipinski definition) is 1. The second-order valence-corrected chi connectivity index (χ2v) is 1.71. The van der Waals surface area contributed by atoms with Crippen LogP contribution in [-0.4, -0.2) is 18.8 Å². The van der Waals surface area contributed by atoms with E-state index in [0.29, 0.717) is 6.54 Å². The molecule has 0 amide bonds. The van der Waals surface area contributed by atoms with Gasteiger partial charge in [0.05, 0.1) is 0 Å². The number of alkyl halides is 1. The van der Waals surface area contributed by atoms with Crippen molar-refractivity contribution >= 4 is 0 Å². The van der Waals surface area contributed by atoms with Crippen LogP contribution < -0.4 is 5.32 Å². The van der Waals surface area contributed by atoms with E-state index in [-0.39, 0.29) is 6.04 Å². The fourth-order valence-corrected chi connectivity index (χ4v) is 0.443. The zero-order valence-corrected chi connectivity index (χ0v) is 3.74. The van der Waals surface area contributed by atoms with E-state index in [1.807, 2.05) is 6.92 Å². The van der Waals surface area contributed by atoms with Crippen molar-refractivity contribution in [2.75, 3.05) is 6.54 Å². The van der Waals surface area contributed by atoms with Crippen LogP contribution >= 0.6 is 0 Å². The summed E-state index contributed by atoms with van der Waals surface area (Å²) >= 11 is 0. The first kappa shape index (κ1) is 4.06. The minimum absolute atomic E-state index is 0.116. The second kappa shape index (κ2) is 1.19. The van der Waals surface area contributed by atoms with Crippen molar-refractivity contribution in [3.8, 4) is 0 Å². The summed E-state index contributed by atoms with van der Waals surface area (Å²) in [6.45, 7) is 2.40. The van der Waals surface area contributed by atoms with Gasteiger partial charge in [-0.1, -0.05) is 0 Å². The lowest BCUT2D eigenvalue weighted by molar-refractivity contribution is 0.171. The summed E-state index contributed by atoms with van der Waals surface area (Å²) in [4.78, 5) is 0. The lowest BCUT2D eigenvalue weighted by atomic mass is 10.1. The molecule has 1 aliphatic heterocycles. The van der Waals surface area contributed by atoms with Gasteiger partial charge in [0.15, 0.2) is 0 Å². The average molecular weight is 89.1 g/mol. The topological polar surface area (TPSA) is 12.0 Å². The van der Waals surface area contributed by atoms with Gasteiger partial charge in [0, 0.05) is 12.6 Å². The molecule has 0 aromatic heterocycles. The van der Waals surface area contributed by atoms with Gasteiger partial charge < -0.3 is 5.32 Å². The molecule has 1 nitrogen and oxygen atoms in total. The minimum atomic E-state index is -0.579. The molecule has 1 N–H and O–H groups in total. The first-order valence-corrected chi connectivity index (χ1v) is 2.18. The number of nitrogens with one attached hydrogen (secondary N) is 1. The van der Waals surface area contributed by atoms with Crippen molar-refractivity contribution in [1.82, 2.24) is 5.32 Å². The first-order chi connectivity index (χ1) is 2.80. The van der Waals surface area contributed by atoms with Crippen LogP contribution in [0.2, 0.25) is 0 Å². The van der Waals surface area contributed by atoms with Crippen molar-refractivity contribution in [3.05, 3.63) is 0 Å². The Hall–Kier alpha value is -0.110. The minimum Gasteiger partial charge on any atom is -0.308 e. The smallest absolute Gasteiger partial charge is 0.127 e. The maximum absolute atomic E-state index is 11.8. The van der Waals surface area contributed by atoms with Crippen LogP contribution in [0, 0.1) is 0 Å². The van der Waals surface area contributed by atoms with Crippen LogP contribution in [0.4, 0.5) is 4.39 Å². The molecule has 0 bridgehead atoms. The Kier molecular flexibility index (Phi) is 0.804. The molecule has 1 rings (SSSR count). The van der Waals surface area contributed by atoms with E-state index in [9.17, 15) is 4.39 Å². The Bertz CT molecular complexity index is 47.5. The summed E-state index contributed by atoms with van der Waals surface area (Å²) in [5.41, 5.74) is 0. The zero-order valence-electron chi connectivity index (χ0n) is 3.74. The van der Waals surface area contributed by atoms with Crippen LogP contribution in [0.1, 0.15) is 6.92 Å². The van der Waals surface area contributed by atoms with E-state index < -0.39 is 6.17 Å². The lowest BCUT2D eigenvalue weighted by Gasteiger charge is -2.28. The highest BCUT2D eigenvalue weighted by atomic mass is 19.1. The lowest BCUT2D eigenvalue weighted by Crippen LogP contribution is -2.52. The fourth-order valence-electron chi connectivity index (χ4n) is 0.443. The van der Waals surface area contributed by atoms with Crippen LogP contribution in [0.25, 0.3) is 0 Å². The molecule has 0 saturated carbocycles. The van der Waals surface area contributed by atoms with Gasteiger partial charge in [0.1, 0.15) is 6.17 Å². The molecular weight excluding hydrogens is 81.0 g/mol. The molecule has 1 heterocycles. The van der Waals surface area contributed by atoms with Crippen molar-refractivity contribution in [2.45, 2.75) is 19.1 Å². The van der Waals surface area contributed by atoms with Crippen LogP contribution in [0.5, 0.6) is 0 Å². The summed E-state index contributed by atoms with van der Waals surface area (Å²) in [6, 6.07) is 0.116. The molecule has 0 aliphatic carbocycles. The normalized spacial score (nSPS) is 45.0. The highest BCUT2D eigenvalue weighted by Crippen LogP contribution is 2.05. The Morgan fingerprint density at radius 3 is 2.33 bits per heavy atom. The van der Waals surface area contributed by atoms with Crippen molar-refractivity contribution < 1.29 is 4.39 Å². The van der Waals surface area contributed by atoms with Gasteiger partial charge in [-0.25, -0.2) is 4.39 Å². The number of halogens is 1. The van der Waals surface area contributed by atoms with E-state index in [2.05, 4.69) is 5.32 Å². The Morgan fingerprint density at radius 1 is 1.83 bits per heavy atom. The van der Waals surface area contributed by atoms with Gasteiger partial charge in [0.2, 0.25) is 0 Å². The molecule has 2 atom stereocenters. The number of hydrogen-bond donors (Lipinski definition) is 1. The zero-order chi connectivity index (χ0) is 4.57. The van der Waals surface area contributed by atoms with E-state index in [0.717, 1.165) is 0 Å². The van der Waals surface area contributed by atoms with E-state index in [1.165, 1.54) is 0 Å². The van der Waals surface area contributed by atoms with Crippen molar-refractivity contribution in [3.63, 3.8) is 0 Å². The van der Waals surface area contributed by atoms with E-state index >= 15 is 0 Å². The molecule has 1 fully saturated rings. The molecule has 0 radical (unpaired) electrons. The summed E-state index contributed by atoms with van der Waals surface area (Å²) < 4.78 is 11.8. The first-order valence-electron chi connectivity index (χ1n) is 2.18. The van der Waals surface area contributed by atoms with E-state index in [1.54, 1.807) is 0 Å². The van der Waals surface area contributed by atoms with Gasteiger partial charge in [-0.2, -0.15) is 0 Å². The maximum atomic E-state index is 11.8. The molecular formula is C4H8FN. The molecule has 0 aromatic carbocycles. The molecule has 0 aromatic rings. The predicted octanol–water partition coefficient (Wildman–Crippen LogP) is 0.316. The molecule has 6 heavy (non-hydrogen) atoms. The average Bonchev–Trinajstić information content (AvgIpc) is 1.61. The molecule has 0 spiro atoms. The number of rotatable bonds is 0. The summed E-state index contributed by atoms with van der Waals surface area (Å²) in [5.74, 6) is 0. The predicted molar refractivity (Wildman–Crippen MR) is 22.4 cm³/mol. The molecule has 2 heteroatoms. The summed E-state index contributed by atoms with van der Waals surface area (Å²) in [6.07, 6.45) is -0.579. The Balaban J connectivity index is 2.20. The maximum Gasteiger partial charge on any atom is 0.127 e. The third-order valence-electron chi connectivity index (χ3n) is 1.18. The SMILES string of the molecule is C[C@@H]1NC[C@H]1F. The monoisotopic (exact) mass is 89.1 g/mol. The molecule has 1 aliphatic rings. The summed E-state index contributed by atoms with van der Waals surface area (Å²) in [5, 5.41) is 2.88. The third-order valence-corrected chi connectivity index (χ3v) is 1.18. The molecule has 1 saturated heterocycles. The standard InChI is InChI=1S/C4H8FN/c1-3-4(5)2-6-3/h3-4,6H,2H2,1H3/t3-,4+/m0/s1. The molecule has 36 valence electrons. The van der Waals surface area contributed by atoms with Gasteiger partial charge in [-0.05, 0) is 6.92 Å². The quantitative estimate of drug-likeness (QED) is 0.450. The van der Waals surface area contributed by atoms with E-state index in [4.69, 9.17) is 0 Å². The fraction of sp³-hybridized carbons (Fsp3) is 1.00. The summed E-state index contributed by atoms with van der Waals surface area (Å²) in [7, 11) is 0. The largest absolute Gasteiger partial charge is 0.308 e. The van der Waals surface area contributed by atoms with Crippen LogP contribution in [0.3, 0.4) is 0 Å². The van der Waals surface area contributed by atoms with Gasteiger partial charge in [-0.3, -0.25) is 0 Å². The van der Waals surface area contributed by atoms with Crippen LogP contribution in [0.15, 0.2) is 0 Å². The third kappa shape index (κ3) is 0.411. The highest BCUT2D eigenvalue weighted by molar-refractivity contribution is 4.83. The highest BCUT2D eigenvalue weighted by Gasteiger charge is 2.24. The Morgan fingerprint density at radius 2 is 2.33 bits per heavy atom. The Labute approximate surface area is 36.5 Å². The van der Waals surface area contributed by atoms with Crippen LogP contribution in [-0.2, 0) is 0 Å². The van der Waals surface area contributed by atoms with Crippen molar-refractivity contribution in [2.24, 2.45) is 0 Å². The molecule has 0 unspecified atom stereocenters.